The van der Waals surface area contributed by atoms with Crippen LogP contribution in [0.2, 0.25) is 0 Å². The molecule has 0 fully saturated rings. The van der Waals surface area contributed by atoms with E-state index in [1.54, 1.807) is 19.6 Å². The van der Waals surface area contributed by atoms with Gasteiger partial charge in [0.05, 0.1) is 19.5 Å². The normalized spacial score (nSPS) is 12.0. The first-order valence-electron chi connectivity index (χ1n) is 10.4. The van der Waals surface area contributed by atoms with Crippen molar-refractivity contribution in [3.8, 4) is 5.75 Å². The van der Waals surface area contributed by atoms with Gasteiger partial charge in [0, 0.05) is 31.0 Å². The third-order valence-electron chi connectivity index (χ3n) is 5.33. The number of aromatic nitrogens is 2. The predicted octanol–water partition coefficient (Wildman–Crippen LogP) is 3.75. The first kappa shape index (κ1) is 21.6. The zero-order valence-corrected chi connectivity index (χ0v) is 17.9. The molecule has 6 heteroatoms. The van der Waals surface area contributed by atoms with E-state index in [-0.39, 0.29) is 11.9 Å². The maximum Gasteiger partial charge on any atom is 0.251 e. The van der Waals surface area contributed by atoms with Crippen LogP contribution < -0.4 is 10.1 Å². The molecular weight excluding hydrogens is 376 g/mol. The number of ether oxygens (including phenoxy) is 1. The molecule has 3 aromatic rings. The quantitative estimate of drug-likeness (QED) is 0.557. The zero-order valence-electron chi connectivity index (χ0n) is 17.9. The Morgan fingerprint density at radius 3 is 2.57 bits per heavy atom. The molecule has 1 atom stereocenters. The number of carbonyl (C=O) groups is 1. The Bertz CT molecular complexity index is 919. The van der Waals surface area contributed by atoms with E-state index >= 15 is 0 Å². The molecule has 1 amide bonds. The molecule has 1 unspecified atom stereocenters. The van der Waals surface area contributed by atoms with Crippen molar-refractivity contribution in [2.45, 2.75) is 26.4 Å². The number of nitrogens with zero attached hydrogens (tertiary/aromatic N) is 3. The second-order valence-corrected chi connectivity index (χ2v) is 7.16. The number of likely N-dealkylation sites (N-methyl/N-ethyl adjacent to an activating group) is 1. The molecule has 0 aliphatic rings. The predicted molar refractivity (Wildman–Crippen MR) is 119 cm³/mol. The monoisotopic (exact) mass is 406 g/mol. The van der Waals surface area contributed by atoms with Gasteiger partial charge in [-0.2, -0.15) is 0 Å². The van der Waals surface area contributed by atoms with Crippen LogP contribution >= 0.6 is 0 Å². The van der Waals surface area contributed by atoms with Crippen molar-refractivity contribution < 1.29 is 9.53 Å². The van der Waals surface area contributed by atoms with E-state index < -0.39 is 0 Å². The van der Waals surface area contributed by atoms with Gasteiger partial charge in [-0.15, -0.1) is 0 Å². The van der Waals surface area contributed by atoms with Crippen molar-refractivity contribution in [1.29, 1.82) is 0 Å². The van der Waals surface area contributed by atoms with E-state index in [2.05, 4.69) is 35.1 Å². The molecule has 3 rings (SSSR count). The Balaban J connectivity index is 1.67. The third kappa shape index (κ3) is 5.48. The topological polar surface area (TPSA) is 59.4 Å². The summed E-state index contributed by atoms with van der Waals surface area (Å²) in [6, 6.07) is 15.9. The number of hydrogen-bond donors (Lipinski definition) is 1. The summed E-state index contributed by atoms with van der Waals surface area (Å²) in [5.74, 6) is 0.758. The number of hydrogen-bond acceptors (Lipinski definition) is 4. The van der Waals surface area contributed by atoms with Gasteiger partial charge >= 0.3 is 0 Å². The average molecular weight is 407 g/mol. The van der Waals surface area contributed by atoms with E-state index in [4.69, 9.17) is 4.74 Å². The third-order valence-corrected chi connectivity index (χ3v) is 5.33. The largest absolute Gasteiger partial charge is 0.497 e. The molecule has 1 aromatic heterocycles. The van der Waals surface area contributed by atoms with Gasteiger partial charge in [0.15, 0.2) is 0 Å². The van der Waals surface area contributed by atoms with Crippen molar-refractivity contribution in [2.24, 2.45) is 0 Å². The SMILES string of the molecule is CCN(CC)C(CNC(=O)c1ccc(Cn2ccnc2)cc1)c1cccc(OC)c1. The lowest BCUT2D eigenvalue weighted by molar-refractivity contribution is 0.0935. The van der Waals surface area contributed by atoms with Crippen molar-refractivity contribution in [1.82, 2.24) is 19.8 Å². The van der Waals surface area contributed by atoms with Crippen LogP contribution in [-0.2, 0) is 6.54 Å². The molecule has 6 nitrogen and oxygen atoms in total. The second-order valence-electron chi connectivity index (χ2n) is 7.16. The van der Waals surface area contributed by atoms with Crippen LogP contribution in [0.1, 0.15) is 41.4 Å². The van der Waals surface area contributed by atoms with Gasteiger partial charge in [-0.1, -0.05) is 38.1 Å². The van der Waals surface area contributed by atoms with Crippen LogP contribution in [0, 0.1) is 0 Å². The molecule has 30 heavy (non-hydrogen) atoms. The fourth-order valence-corrected chi connectivity index (χ4v) is 3.61. The number of carbonyl (C=O) groups excluding carboxylic acids is 1. The van der Waals surface area contributed by atoms with Crippen LogP contribution in [-0.4, -0.2) is 47.1 Å². The molecule has 0 bridgehead atoms. The Kier molecular flexibility index (Phi) is 7.63. The number of methoxy groups -OCH3 is 1. The summed E-state index contributed by atoms with van der Waals surface area (Å²) in [6.45, 7) is 7.34. The van der Waals surface area contributed by atoms with E-state index in [0.29, 0.717) is 12.1 Å². The highest BCUT2D eigenvalue weighted by Gasteiger charge is 2.20. The number of benzene rings is 2. The molecule has 1 N–H and O–H groups in total. The van der Waals surface area contributed by atoms with Crippen LogP contribution in [0.4, 0.5) is 0 Å². The Morgan fingerprint density at radius 2 is 1.93 bits per heavy atom. The summed E-state index contributed by atoms with van der Waals surface area (Å²) in [6.07, 6.45) is 5.47. The van der Waals surface area contributed by atoms with Gasteiger partial charge in [0.25, 0.3) is 5.91 Å². The first-order valence-corrected chi connectivity index (χ1v) is 10.4. The van der Waals surface area contributed by atoms with Crippen LogP contribution in [0.5, 0.6) is 5.75 Å². The average Bonchev–Trinajstić information content (AvgIpc) is 3.30. The molecule has 0 radical (unpaired) electrons. The zero-order chi connectivity index (χ0) is 21.3. The summed E-state index contributed by atoms with van der Waals surface area (Å²) in [4.78, 5) is 19.2. The Morgan fingerprint density at radius 1 is 1.17 bits per heavy atom. The lowest BCUT2D eigenvalue weighted by atomic mass is 10.0. The van der Waals surface area contributed by atoms with Crippen molar-refractivity contribution in [3.05, 3.63) is 83.9 Å². The Hall–Kier alpha value is -3.12. The molecular formula is C24H30N4O2. The van der Waals surface area contributed by atoms with Crippen molar-refractivity contribution >= 4 is 5.91 Å². The van der Waals surface area contributed by atoms with Gasteiger partial charge in [-0.3, -0.25) is 9.69 Å². The second kappa shape index (κ2) is 10.6. The maximum absolute atomic E-state index is 12.8. The molecule has 0 spiro atoms. The van der Waals surface area contributed by atoms with Crippen LogP contribution in [0.3, 0.4) is 0 Å². The van der Waals surface area contributed by atoms with Gasteiger partial charge < -0.3 is 14.6 Å². The summed E-state index contributed by atoms with van der Waals surface area (Å²) >= 11 is 0. The fraction of sp³-hybridized carbons (Fsp3) is 0.333. The molecule has 0 saturated heterocycles. The van der Waals surface area contributed by atoms with E-state index in [9.17, 15) is 4.79 Å². The summed E-state index contributed by atoms with van der Waals surface area (Å²) in [5.41, 5.74) is 2.92. The van der Waals surface area contributed by atoms with Crippen molar-refractivity contribution in [3.63, 3.8) is 0 Å². The molecule has 158 valence electrons. The molecule has 0 saturated carbocycles. The number of amides is 1. The molecule has 2 aromatic carbocycles. The van der Waals surface area contributed by atoms with Crippen LogP contribution in [0.25, 0.3) is 0 Å². The number of imidazole rings is 1. The minimum absolute atomic E-state index is 0.0655. The van der Waals surface area contributed by atoms with Crippen LogP contribution in [0.15, 0.2) is 67.3 Å². The highest BCUT2D eigenvalue weighted by atomic mass is 16.5. The number of rotatable bonds is 10. The van der Waals surface area contributed by atoms with Gasteiger partial charge in [0.1, 0.15) is 5.75 Å². The maximum atomic E-state index is 12.8. The lowest BCUT2D eigenvalue weighted by Crippen LogP contribution is -2.38. The van der Waals surface area contributed by atoms with E-state index in [1.807, 2.05) is 53.2 Å². The molecule has 0 aliphatic carbocycles. The van der Waals surface area contributed by atoms with Gasteiger partial charge in [0.2, 0.25) is 0 Å². The minimum atomic E-state index is -0.0655. The summed E-state index contributed by atoms with van der Waals surface area (Å²) in [5, 5.41) is 3.11. The highest BCUT2D eigenvalue weighted by Crippen LogP contribution is 2.24. The Labute approximate surface area is 178 Å². The fourth-order valence-electron chi connectivity index (χ4n) is 3.61. The van der Waals surface area contributed by atoms with E-state index in [1.165, 1.54) is 0 Å². The van der Waals surface area contributed by atoms with Gasteiger partial charge in [-0.25, -0.2) is 4.98 Å². The lowest BCUT2D eigenvalue weighted by Gasteiger charge is -2.30. The van der Waals surface area contributed by atoms with E-state index in [0.717, 1.165) is 36.5 Å². The van der Waals surface area contributed by atoms with Gasteiger partial charge in [-0.05, 0) is 48.5 Å². The molecule has 0 aliphatic heterocycles. The smallest absolute Gasteiger partial charge is 0.251 e. The molecule has 1 heterocycles. The minimum Gasteiger partial charge on any atom is -0.497 e. The summed E-state index contributed by atoms with van der Waals surface area (Å²) < 4.78 is 7.38. The standard InChI is InChI=1S/C24H30N4O2/c1-4-28(5-2)23(21-7-6-8-22(15-21)30-3)16-26-24(29)20-11-9-19(10-12-20)17-27-14-13-25-18-27/h6-15,18,23H,4-5,16-17H2,1-3H3,(H,26,29). The van der Waals surface area contributed by atoms with Crippen molar-refractivity contribution in [2.75, 3.05) is 26.7 Å². The summed E-state index contributed by atoms with van der Waals surface area (Å²) in [7, 11) is 1.67. The number of nitrogens with one attached hydrogen (secondary N) is 1. The first-order chi connectivity index (χ1) is 14.6. The highest BCUT2D eigenvalue weighted by molar-refractivity contribution is 5.94.